The van der Waals surface area contributed by atoms with E-state index < -0.39 is 0 Å². The first-order chi connectivity index (χ1) is 10.1. The van der Waals surface area contributed by atoms with Crippen molar-refractivity contribution in [2.75, 3.05) is 14.2 Å². The van der Waals surface area contributed by atoms with Crippen LogP contribution < -0.4 is 19.9 Å². The molecule has 112 valence electrons. The summed E-state index contributed by atoms with van der Waals surface area (Å²) in [5.41, 5.74) is 7.06. The summed E-state index contributed by atoms with van der Waals surface area (Å²) >= 11 is 0. The first-order valence-corrected chi connectivity index (χ1v) is 6.84. The predicted octanol–water partition coefficient (Wildman–Crippen LogP) is 3.17. The number of nitrogens with two attached hydrogens (primary N) is 1. The molecule has 0 bridgehead atoms. The van der Waals surface area contributed by atoms with Crippen LogP contribution in [-0.4, -0.2) is 20.3 Å². The van der Waals surface area contributed by atoms with Crippen LogP contribution in [-0.2, 0) is 0 Å². The highest BCUT2D eigenvalue weighted by molar-refractivity contribution is 5.35. The van der Waals surface area contributed by atoms with Crippen LogP contribution in [0, 0.1) is 0 Å². The fraction of sp³-hybridized carbons (Fsp3) is 0.294. The summed E-state index contributed by atoms with van der Waals surface area (Å²) in [6, 6.07) is 15.1. The van der Waals surface area contributed by atoms with E-state index in [0.29, 0.717) is 0 Å². The van der Waals surface area contributed by atoms with Gasteiger partial charge in [0.2, 0.25) is 0 Å². The molecule has 0 saturated heterocycles. The first kappa shape index (κ1) is 15.2. The molecule has 0 fully saturated rings. The Morgan fingerprint density at radius 1 is 0.857 bits per heavy atom. The Morgan fingerprint density at radius 2 is 1.43 bits per heavy atom. The predicted molar refractivity (Wildman–Crippen MR) is 83.0 cm³/mol. The Bertz CT molecular complexity index is 584. The van der Waals surface area contributed by atoms with Crippen LogP contribution in [0.25, 0.3) is 0 Å². The van der Waals surface area contributed by atoms with Crippen LogP contribution in [0.5, 0.6) is 17.2 Å². The summed E-state index contributed by atoms with van der Waals surface area (Å²) in [6.07, 6.45) is -0.257. The second kappa shape index (κ2) is 6.99. The molecule has 4 nitrogen and oxygen atoms in total. The minimum atomic E-state index is -0.257. The average Bonchev–Trinajstić information content (AvgIpc) is 2.52. The zero-order chi connectivity index (χ0) is 15.2. The molecule has 0 aliphatic carbocycles. The van der Waals surface area contributed by atoms with Gasteiger partial charge in [0.25, 0.3) is 0 Å². The van der Waals surface area contributed by atoms with Gasteiger partial charge in [-0.15, -0.1) is 0 Å². The fourth-order valence-corrected chi connectivity index (χ4v) is 2.12. The number of methoxy groups -OCH3 is 2. The Kier molecular flexibility index (Phi) is 5.06. The number of rotatable bonds is 6. The number of ether oxygens (including phenoxy) is 3. The lowest BCUT2D eigenvalue weighted by molar-refractivity contribution is 0.179. The number of hydrogen-bond donors (Lipinski definition) is 1. The Labute approximate surface area is 125 Å². The Morgan fingerprint density at radius 3 is 2.05 bits per heavy atom. The molecule has 0 heterocycles. The molecule has 4 heteroatoms. The van der Waals surface area contributed by atoms with E-state index in [0.717, 1.165) is 22.8 Å². The van der Waals surface area contributed by atoms with Crippen LogP contribution in [0.4, 0.5) is 0 Å². The summed E-state index contributed by atoms with van der Waals surface area (Å²) in [7, 11) is 3.27. The van der Waals surface area contributed by atoms with E-state index in [9.17, 15) is 0 Å². The van der Waals surface area contributed by atoms with Gasteiger partial charge in [0, 0.05) is 12.1 Å². The van der Waals surface area contributed by atoms with Crippen molar-refractivity contribution < 1.29 is 14.2 Å². The smallest absolute Gasteiger partial charge is 0.139 e. The van der Waals surface area contributed by atoms with Gasteiger partial charge in [0.1, 0.15) is 23.4 Å². The monoisotopic (exact) mass is 287 g/mol. The summed E-state index contributed by atoms with van der Waals surface area (Å²) in [5, 5.41) is 0. The molecule has 0 saturated carbocycles. The SMILES string of the molecule is COc1cccc(OC(c2cccc(OC)c2)C(C)N)c1. The number of hydrogen-bond acceptors (Lipinski definition) is 4. The highest BCUT2D eigenvalue weighted by atomic mass is 16.5. The largest absolute Gasteiger partial charge is 0.497 e. The Balaban J connectivity index is 2.26. The van der Waals surface area contributed by atoms with Crippen LogP contribution in [0.2, 0.25) is 0 Å². The summed E-state index contributed by atoms with van der Waals surface area (Å²) in [4.78, 5) is 0. The third-order valence-corrected chi connectivity index (χ3v) is 3.20. The van der Waals surface area contributed by atoms with Crippen molar-refractivity contribution in [1.29, 1.82) is 0 Å². The standard InChI is InChI=1S/C17H21NO3/c1-12(18)17(13-6-4-7-14(10-13)19-2)21-16-9-5-8-15(11-16)20-3/h4-12,17H,18H2,1-3H3. The Hall–Kier alpha value is -2.20. The highest BCUT2D eigenvalue weighted by Gasteiger charge is 2.19. The van der Waals surface area contributed by atoms with Crippen LogP contribution in [0.1, 0.15) is 18.6 Å². The maximum absolute atomic E-state index is 6.08. The lowest BCUT2D eigenvalue weighted by Crippen LogP contribution is -2.29. The molecule has 0 spiro atoms. The van der Waals surface area contributed by atoms with Crippen molar-refractivity contribution in [2.45, 2.75) is 19.1 Å². The second-order valence-electron chi connectivity index (χ2n) is 4.85. The van der Waals surface area contributed by atoms with Crippen molar-refractivity contribution in [3.05, 3.63) is 54.1 Å². The molecule has 2 N–H and O–H groups in total. The summed E-state index contributed by atoms with van der Waals surface area (Å²) in [6.45, 7) is 1.92. The maximum atomic E-state index is 6.08. The zero-order valence-corrected chi connectivity index (χ0v) is 12.6. The third-order valence-electron chi connectivity index (χ3n) is 3.20. The van der Waals surface area contributed by atoms with Gasteiger partial charge in [-0.25, -0.2) is 0 Å². The summed E-state index contributed by atoms with van der Waals surface area (Å²) < 4.78 is 16.5. The van der Waals surface area contributed by atoms with Crippen molar-refractivity contribution >= 4 is 0 Å². The van der Waals surface area contributed by atoms with E-state index in [2.05, 4.69) is 0 Å². The second-order valence-corrected chi connectivity index (χ2v) is 4.85. The normalized spacial score (nSPS) is 13.3. The lowest BCUT2D eigenvalue weighted by Gasteiger charge is -2.23. The van der Waals surface area contributed by atoms with E-state index in [4.69, 9.17) is 19.9 Å². The molecule has 2 unspecified atom stereocenters. The molecule has 0 aliphatic heterocycles. The topological polar surface area (TPSA) is 53.7 Å². The minimum Gasteiger partial charge on any atom is -0.497 e. The molecule has 21 heavy (non-hydrogen) atoms. The van der Waals surface area contributed by atoms with Gasteiger partial charge < -0.3 is 19.9 Å². The van der Waals surface area contributed by atoms with Gasteiger partial charge in [-0.2, -0.15) is 0 Å². The third kappa shape index (κ3) is 3.89. The van der Waals surface area contributed by atoms with Gasteiger partial charge >= 0.3 is 0 Å². The van der Waals surface area contributed by atoms with Crippen LogP contribution in [0.15, 0.2) is 48.5 Å². The molecule has 2 aromatic carbocycles. The van der Waals surface area contributed by atoms with E-state index in [1.165, 1.54) is 0 Å². The van der Waals surface area contributed by atoms with Gasteiger partial charge in [0.15, 0.2) is 0 Å². The maximum Gasteiger partial charge on any atom is 0.139 e. The van der Waals surface area contributed by atoms with Gasteiger partial charge in [-0.05, 0) is 36.8 Å². The summed E-state index contributed by atoms with van der Waals surface area (Å²) in [5.74, 6) is 2.26. The molecule has 2 rings (SSSR count). The quantitative estimate of drug-likeness (QED) is 0.886. The molecular formula is C17H21NO3. The van der Waals surface area contributed by atoms with Crippen LogP contribution >= 0.6 is 0 Å². The fourth-order valence-electron chi connectivity index (χ4n) is 2.12. The van der Waals surface area contributed by atoms with Crippen molar-refractivity contribution in [3.63, 3.8) is 0 Å². The van der Waals surface area contributed by atoms with Gasteiger partial charge in [0.05, 0.1) is 14.2 Å². The van der Waals surface area contributed by atoms with Crippen molar-refractivity contribution in [1.82, 2.24) is 0 Å². The zero-order valence-electron chi connectivity index (χ0n) is 12.6. The van der Waals surface area contributed by atoms with Gasteiger partial charge in [-0.3, -0.25) is 0 Å². The van der Waals surface area contributed by atoms with Crippen molar-refractivity contribution in [2.24, 2.45) is 5.73 Å². The molecule has 0 amide bonds. The molecule has 0 radical (unpaired) electrons. The highest BCUT2D eigenvalue weighted by Crippen LogP contribution is 2.28. The van der Waals surface area contributed by atoms with E-state index >= 15 is 0 Å². The number of benzene rings is 2. The minimum absolute atomic E-state index is 0.164. The van der Waals surface area contributed by atoms with E-state index in [-0.39, 0.29) is 12.1 Å². The molecular weight excluding hydrogens is 266 g/mol. The molecule has 2 aromatic rings. The molecule has 0 aliphatic rings. The molecule has 0 aromatic heterocycles. The van der Waals surface area contributed by atoms with E-state index in [1.54, 1.807) is 14.2 Å². The lowest BCUT2D eigenvalue weighted by atomic mass is 10.0. The molecule has 2 atom stereocenters. The van der Waals surface area contributed by atoms with E-state index in [1.807, 2.05) is 55.5 Å². The first-order valence-electron chi connectivity index (χ1n) is 6.84. The average molecular weight is 287 g/mol. The van der Waals surface area contributed by atoms with Gasteiger partial charge in [-0.1, -0.05) is 18.2 Å². The van der Waals surface area contributed by atoms with Crippen molar-refractivity contribution in [3.8, 4) is 17.2 Å². The van der Waals surface area contributed by atoms with Crippen LogP contribution in [0.3, 0.4) is 0 Å².